The lowest BCUT2D eigenvalue weighted by Crippen LogP contribution is -2.47. The molecule has 0 radical (unpaired) electrons. The highest BCUT2D eigenvalue weighted by atomic mass is 16.1. The van der Waals surface area contributed by atoms with Gasteiger partial charge in [0.05, 0.1) is 11.2 Å². The second-order valence-corrected chi connectivity index (χ2v) is 11.9. The van der Waals surface area contributed by atoms with Gasteiger partial charge >= 0.3 is 0 Å². The Morgan fingerprint density at radius 3 is 2.40 bits per heavy atom. The molecule has 1 aromatic carbocycles. The first kappa shape index (κ1) is 24.5. The zero-order valence-electron chi connectivity index (χ0n) is 21.7. The van der Waals surface area contributed by atoms with Gasteiger partial charge in [-0.3, -0.25) is 4.79 Å². The monoisotopic (exact) mass is 476 g/mol. The van der Waals surface area contributed by atoms with Crippen molar-refractivity contribution >= 4 is 28.3 Å². The second-order valence-electron chi connectivity index (χ2n) is 11.9. The number of nitrogens with zero attached hydrogens (tertiary/aromatic N) is 1. The van der Waals surface area contributed by atoms with Crippen LogP contribution in [0.15, 0.2) is 30.3 Å². The maximum Gasteiger partial charge on any atom is 0.224 e. The highest BCUT2D eigenvalue weighted by Crippen LogP contribution is 2.61. The molecule has 5 nitrogen and oxygen atoms in total. The maximum absolute atomic E-state index is 13.2. The van der Waals surface area contributed by atoms with Gasteiger partial charge in [0, 0.05) is 18.4 Å². The highest BCUT2D eigenvalue weighted by molar-refractivity contribution is 6.01. The van der Waals surface area contributed by atoms with E-state index in [0.717, 1.165) is 72.1 Å². The van der Waals surface area contributed by atoms with E-state index in [4.69, 9.17) is 4.98 Å². The predicted molar refractivity (Wildman–Crippen MR) is 146 cm³/mol. The molecule has 1 heterocycles. The van der Waals surface area contributed by atoms with E-state index in [9.17, 15) is 4.79 Å². The van der Waals surface area contributed by atoms with E-state index >= 15 is 0 Å². The number of carbonyl (C=O) groups excluding carboxylic acids is 1. The Bertz CT molecular complexity index is 979. The quantitative estimate of drug-likeness (QED) is 0.302. The zero-order chi connectivity index (χ0) is 24.3. The van der Waals surface area contributed by atoms with Crippen LogP contribution in [0.5, 0.6) is 0 Å². The number of rotatable bonds is 12. The molecule has 0 spiro atoms. The molecule has 1 aromatic heterocycles. The van der Waals surface area contributed by atoms with Crippen molar-refractivity contribution < 1.29 is 4.79 Å². The topological polar surface area (TPSA) is 66.0 Å². The van der Waals surface area contributed by atoms with Crippen LogP contribution in [0.25, 0.3) is 10.9 Å². The second kappa shape index (κ2) is 10.9. The number of pyridine rings is 1. The molecule has 35 heavy (non-hydrogen) atoms. The number of aromatic nitrogens is 1. The van der Waals surface area contributed by atoms with Gasteiger partial charge in [0.15, 0.2) is 0 Å². The van der Waals surface area contributed by atoms with Gasteiger partial charge in [-0.15, -0.1) is 0 Å². The Morgan fingerprint density at radius 1 is 1.00 bits per heavy atom. The lowest BCUT2D eigenvalue weighted by molar-refractivity contribution is -0.124. The molecule has 2 aromatic rings. The molecule has 0 aliphatic heterocycles. The summed E-state index contributed by atoms with van der Waals surface area (Å²) in [6.45, 7) is 7.57. The lowest BCUT2D eigenvalue weighted by Gasteiger charge is -2.56. The van der Waals surface area contributed by atoms with Gasteiger partial charge in [0.25, 0.3) is 0 Å². The number of hydrogen-bond acceptors (Lipinski definition) is 4. The summed E-state index contributed by atoms with van der Waals surface area (Å²) in [6.07, 6.45) is 12.3. The fourth-order valence-corrected chi connectivity index (χ4v) is 7.72. The van der Waals surface area contributed by atoms with Crippen molar-refractivity contribution in [1.82, 2.24) is 10.3 Å². The van der Waals surface area contributed by atoms with Crippen LogP contribution in [0.2, 0.25) is 0 Å². The van der Waals surface area contributed by atoms with E-state index in [0.29, 0.717) is 6.42 Å². The van der Waals surface area contributed by atoms with Crippen molar-refractivity contribution in [3.63, 3.8) is 0 Å². The molecule has 4 aliphatic rings. The Morgan fingerprint density at radius 2 is 1.71 bits per heavy atom. The summed E-state index contributed by atoms with van der Waals surface area (Å²) >= 11 is 0. The van der Waals surface area contributed by atoms with Gasteiger partial charge in [-0.2, -0.15) is 0 Å². The number of anilines is 2. The molecule has 1 amide bonds. The Hall–Kier alpha value is -2.14. The third-order valence-electron chi connectivity index (χ3n) is 9.13. The van der Waals surface area contributed by atoms with Crippen LogP contribution in [0.4, 0.5) is 11.5 Å². The normalized spacial score (nSPS) is 27.0. The average Bonchev–Trinajstić information content (AvgIpc) is 2.82. The fraction of sp³-hybridized carbons (Fsp3) is 0.667. The number of amides is 1. The van der Waals surface area contributed by atoms with Crippen LogP contribution < -0.4 is 16.0 Å². The molecule has 4 aliphatic carbocycles. The van der Waals surface area contributed by atoms with E-state index in [1.807, 2.05) is 24.3 Å². The van der Waals surface area contributed by atoms with Crippen molar-refractivity contribution in [2.45, 2.75) is 78.1 Å². The van der Waals surface area contributed by atoms with Gasteiger partial charge in [-0.05, 0) is 111 Å². The molecular weight excluding hydrogens is 432 g/mol. The maximum atomic E-state index is 13.2. The van der Waals surface area contributed by atoms with Gasteiger partial charge in [-0.25, -0.2) is 4.98 Å². The Kier molecular flexibility index (Phi) is 7.62. The predicted octanol–water partition coefficient (Wildman–Crippen LogP) is 6.61. The number of hydrogen-bond donors (Lipinski definition) is 3. The van der Waals surface area contributed by atoms with Crippen LogP contribution in [-0.2, 0) is 4.79 Å². The molecular formula is C30H44N4O. The molecule has 0 unspecified atom stereocenters. The number of fused-ring (bicyclic) bond motifs is 1. The molecule has 4 saturated carbocycles. The summed E-state index contributed by atoms with van der Waals surface area (Å²) in [4.78, 5) is 18.0. The number of benzene rings is 1. The number of carbonyl (C=O) groups is 1. The van der Waals surface area contributed by atoms with E-state index in [1.165, 1.54) is 51.4 Å². The minimum absolute atomic E-state index is 0.183. The van der Waals surface area contributed by atoms with Crippen LogP contribution in [-0.4, -0.2) is 30.5 Å². The lowest BCUT2D eigenvalue weighted by atomic mass is 9.49. The molecule has 6 rings (SSSR count). The van der Waals surface area contributed by atoms with Gasteiger partial charge in [0.1, 0.15) is 5.82 Å². The smallest absolute Gasteiger partial charge is 0.224 e. The van der Waals surface area contributed by atoms with E-state index in [-0.39, 0.29) is 11.3 Å². The summed E-state index contributed by atoms with van der Waals surface area (Å²) in [6, 6.07) is 10.2. The highest BCUT2D eigenvalue weighted by Gasteiger charge is 2.51. The van der Waals surface area contributed by atoms with Gasteiger partial charge < -0.3 is 16.0 Å². The number of nitrogens with one attached hydrogen (secondary N) is 3. The molecule has 4 bridgehead atoms. The van der Waals surface area contributed by atoms with Gasteiger partial charge in [0.2, 0.25) is 5.91 Å². The third-order valence-corrected chi connectivity index (χ3v) is 9.13. The van der Waals surface area contributed by atoms with Crippen LogP contribution in [0.3, 0.4) is 0 Å². The van der Waals surface area contributed by atoms with E-state index < -0.39 is 0 Å². The zero-order valence-corrected chi connectivity index (χ0v) is 21.7. The van der Waals surface area contributed by atoms with Crippen LogP contribution in [0.1, 0.15) is 78.1 Å². The summed E-state index contributed by atoms with van der Waals surface area (Å²) in [7, 11) is 0. The first-order valence-electron chi connectivity index (χ1n) is 14.2. The summed E-state index contributed by atoms with van der Waals surface area (Å²) in [5.41, 5.74) is 2.08. The van der Waals surface area contributed by atoms with Crippen LogP contribution in [0, 0.1) is 29.1 Å². The van der Waals surface area contributed by atoms with Gasteiger partial charge in [-0.1, -0.05) is 32.8 Å². The molecule has 0 atom stereocenters. The Balaban J connectivity index is 1.14. The minimum atomic E-state index is 0.183. The molecule has 0 saturated heterocycles. The molecule has 3 N–H and O–H groups in total. The third kappa shape index (κ3) is 5.82. The first-order chi connectivity index (χ1) is 17.1. The summed E-state index contributed by atoms with van der Waals surface area (Å²) in [5.74, 6) is 4.50. The Labute approximate surface area is 211 Å². The fourth-order valence-electron chi connectivity index (χ4n) is 7.72. The van der Waals surface area contributed by atoms with Crippen LogP contribution >= 0.6 is 0 Å². The minimum Gasteiger partial charge on any atom is -0.370 e. The van der Waals surface area contributed by atoms with E-state index in [1.54, 1.807) is 0 Å². The molecule has 4 fully saturated rings. The summed E-state index contributed by atoms with van der Waals surface area (Å²) in [5, 5.41) is 11.3. The molecule has 190 valence electrons. The molecule has 5 heteroatoms. The van der Waals surface area contributed by atoms with Crippen molar-refractivity contribution in [3.05, 3.63) is 30.3 Å². The van der Waals surface area contributed by atoms with Crippen molar-refractivity contribution in [3.8, 4) is 0 Å². The summed E-state index contributed by atoms with van der Waals surface area (Å²) < 4.78 is 0. The SMILES string of the molecule is CCC(CC)CNCCCNc1ccc2c(NC(=O)CC34CC5CC(CC(C5)C3)C4)cccc2n1. The van der Waals surface area contributed by atoms with Crippen molar-refractivity contribution in [2.24, 2.45) is 29.1 Å². The van der Waals surface area contributed by atoms with Crippen molar-refractivity contribution in [1.29, 1.82) is 0 Å². The van der Waals surface area contributed by atoms with E-state index in [2.05, 4.69) is 35.9 Å². The van der Waals surface area contributed by atoms with Crippen molar-refractivity contribution in [2.75, 3.05) is 30.3 Å². The first-order valence-corrected chi connectivity index (χ1v) is 14.2. The average molecular weight is 477 g/mol. The standard InChI is InChI=1S/C30H44N4O/c1-3-21(4-2)20-31-11-6-12-32-28-10-9-25-26(33-28)7-5-8-27(25)34-29(35)19-30-16-22-13-23(17-30)15-24(14-22)18-30/h5,7-10,21-24,31H,3-4,6,11-20H2,1-2H3,(H,32,33)(H,34,35). The largest absolute Gasteiger partial charge is 0.370 e.